The average molecular weight is 525 g/mol. The number of benzene rings is 2. The second-order valence-electron chi connectivity index (χ2n) is 9.09. The van der Waals surface area contributed by atoms with Gasteiger partial charge < -0.3 is 4.90 Å². The van der Waals surface area contributed by atoms with E-state index in [0.717, 1.165) is 18.5 Å². The molecule has 6 rings (SSSR count). The normalized spacial score (nSPS) is 16.6. The first kappa shape index (κ1) is 23.6. The van der Waals surface area contributed by atoms with Crippen LogP contribution in [0.3, 0.4) is 0 Å². The van der Waals surface area contributed by atoms with Crippen LogP contribution in [0.5, 0.6) is 0 Å². The Morgan fingerprint density at radius 2 is 1.70 bits per heavy atom. The summed E-state index contributed by atoms with van der Waals surface area (Å²) < 4.78 is 2.04. The molecular formula is C29H24N4O2S2. The number of rotatable bonds is 5. The lowest BCUT2D eigenvalue weighted by molar-refractivity contribution is -0.122. The van der Waals surface area contributed by atoms with Gasteiger partial charge in [-0.3, -0.25) is 18.9 Å². The largest absolute Gasteiger partial charge is 0.351 e. The number of amides is 1. The highest BCUT2D eigenvalue weighted by Gasteiger charge is 2.33. The van der Waals surface area contributed by atoms with Gasteiger partial charge in [0, 0.05) is 25.8 Å². The van der Waals surface area contributed by atoms with E-state index in [2.05, 4.69) is 23.1 Å². The predicted molar refractivity (Wildman–Crippen MR) is 153 cm³/mol. The van der Waals surface area contributed by atoms with Gasteiger partial charge in [0.1, 0.15) is 15.8 Å². The number of carbonyl (C=O) groups excluding carboxylic acids is 1. The van der Waals surface area contributed by atoms with Crippen LogP contribution in [0.1, 0.15) is 22.3 Å². The minimum absolute atomic E-state index is 0.168. The molecule has 4 heterocycles. The summed E-state index contributed by atoms with van der Waals surface area (Å²) in [6, 6.07) is 23.9. The van der Waals surface area contributed by atoms with Crippen LogP contribution in [0.2, 0.25) is 0 Å². The summed E-state index contributed by atoms with van der Waals surface area (Å²) in [5.74, 6) is 0.429. The maximum absolute atomic E-state index is 13.7. The van der Waals surface area contributed by atoms with Crippen molar-refractivity contribution in [1.29, 1.82) is 0 Å². The standard InChI is InChI=1S/C29H24N4O2S2/c34-27-23(18-24-28(35)33(29(36)37-24)17-13-20-8-2-1-3-9-20)26(30-25-12-6-7-15-32(25)27)31-16-14-21-10-4-5-11-22(21)19-31/h1-12,15,18H,13-14,16-17,19H2. The molecule has 0 spiro atoms. The van der Waals surface area contributed by atoms with Gasteiger partial charge in [-0.2, -0.15) is 0 Å². The minimum Gasteiger partial charge on any atom is -0.351 e. The molecule has 0 unspecified atom stereocenters. The number of aromatic nitrogens is 2. The Morgan fingerprint density at radius 3 is 2.54 bits per heavy atom. The fourth-order valence-electron chi connectivity index (χ4n) is 4.84. The molecule has 2 aromatic carbocycles. The number of anilines is 1. The summed E-state index contributed by atoms with van der Waals surface area (Å²) in [5, 5.41) is 0. The lowest BCUT2D eigenvalue weighted by Crippen LogP contribution is -2.34. The van der Waals surface area contributed by atoms with Gasteiger partial charge in [0.2, 0.25) is 0 Å². The number of carbonyl (C=O) groups is 1. The summed E-state index contributed by atoms with van der Waals surface area (Å²) >= 11 is 6.80. The van der Waals surface area contributed by atoms with E-state index in [4.69, 9.17) is 17.2 Å². The van der Waals surface area contributed by atoms with Crippen LogP contribution in [-0.4, -0.2) is 37.6 Å². The first-order valence-corrected chi connectivity index (χ1v) is 13.4. The number of hydrogen-bond acceptors (Lipinski definition) is 6. The number of hydrogen-bond donors (Lipinski definition) is 0. The molecule has 0 atom stereocenters. The third kappa shape index (κ3) is 4.58. The second kappa shape index (κ2) is 9.95. The lowest BCUT2D eigenvalue weighted by Gasteiger charge is -2.30. The Kier molecular flexibility index (Phi) is 6.36. The lowest BCUT2D eigenvalue weighted by atomic mass is 9.99. The molecule has 2 aliphatic rings. The van der Waals surface area contributed by atoms with Crippen molar-refractivity contribution >= 4 is 51.7 Å². The van der Waals surface area contributed by atoms with Crippen molar-refractivity contribution in [1.82, 2.24) is 14.3 Å². The van der Waals surface area contributed by atoms with Gasteiger partial charge in [-0.25, -0.2) is 4.98 Å². The molecule has 6 nitrogen and oxygen atoms in total. The van der Waals surface area contributed by atoms with Crippen LogP contribution < -0.4 is 10.5 Å². The molecular weight excluding hydrogens is 500 g/mol. The van der Waals surface area contributed by atoms with Crippen molar-refractivity contribution in [2.45, 2.75) is 19.4 Å². The Balaban J connectivity index is 1.37. The van der Waals surface area contributed by atoms with E-state index in [0.29, 0.717) is 45.8 Å². The van der Waals surface area contributed by atoms with Crippen molar-refractivity contribution in [3.63, 3.8) is 0 Å². The molecule has 1 saturated heterocycles. The van der Waals surface area contributed by atoms with E-state index in [1.807, 2.05) is 48.5 Å². The molecule has 4 aromatic rings. The molecule has 0 aliphatic carbocycles. The molecule has 37 heavy (non-hydrogen) atoms. The molecule has 0 N–H and O–H groups in total. The fraction of sp³-hybridized carbons (Fsp3) is 0.172. The topological polar surface area (TPSA) is 57.9 Å². The van der Waals surface area contributed by atoms with Crippen LogP contribution in [0.15, 0.2) is 88.7 Å². The zero-order valence-corrected chi connectivity index (χ0v) is 21.7. The van der Waals surface area contributed by atoms with Crippen LogP contribution in [-0.2, 0) is 24.2 Å². The van der Waals surface area contributed by atoms with Crippen molar-refractivity contribution in [3.8, 4) is 0 Å². The maximum Gasteiger partial charge on any atom is 0.267 e. The van der Waals surface area contributed by atoms with Gasteiger partial charge in [0.05, 0.1) is 10.5 Å². The molecule has 0 radical (unpaired) electrons. The van der Waals surface area contributed by atoms with E-state index in [-0.39, 0.29) is 11.5 Å². The highest BCUT2D eigenvalue weighted by molar-refractivity contribution is 8.26. The molecule has 1 amide bonds. The van der Waals surface area contributed by atoms with Crippen molar-refractivity contribution in [2.75, 3.05) is 18.0 Å². The average Bonchev–Trinajstić information content (AvgIpc) is 3.20. The molecule has 0 bridgehead atoms. The Labute approximate surface area is 224 Å². The second-order valence-corrected chi connectivity index (χ2v) is 10.8. The van der Waals surface area contributed by atoms with E-state index in [1.54, 1.807) is 23.2 Å². The van der Waals surface area contributed by atoms with Gasteiger partial charge in [-0.05, 0) is 47.7 Å². The van der Waals surface area contributed by atoms with Gasteiger partial charge in [0.25, 0.3) is 11.5 Å². The maximum atomic E-state index is 13.7. The highest BCUT2D eigenvalue weighted by Crippen LogP contribution is 2.34. The number of fused-ring (bicyclic) bond motifs is 2. The van der Waals surface area contributed by atoms with E-state index in [1.165, 1.54) is 27.3 Å². The Bertz CT molecular complexity index is 1610. The number of thioether (sulfide) groups is 1. The predicted octanol–water partition coefficient (Wildman–Crippen LogP) is 4.70. The third-order valence-electron chi connectivity index (χ3n) is 6.80. The van der Waals surface area contributed by atoms with Crippen LogP contribution in [0.4, 0.5) is 5.82 Å². The zero-order chi connectivity index (χ0) is 25.4. The van der Waals surface area contributed by atoms with E-state index < -0.39 is 0 Å². The summed E-state index contributed by atoms with van der Waals surface area (Å²) in [5.41, 5.74) is 4.47. The van der Waals surface area contributed by atoms with Crippen molar-refractivity contribution in [3.05, 3.63) is 117 Å². The van der Waals surface area contributed by atoms with E-state index in [9.17, 15) is 9.59 Å². The fourth-order valence-corrected chi connectivity index (χ4v) is 6.13. The monoisotopic (exact) mass is 524 g/mol. The van der Waals surface area contributed by atoms with E-state index >= 15 is 0 Å². The number of thiocarbonyl (C=S) groups is 1. The van der Waals surface area contributed by atoms with Crippen LogP contribution in [0.25, 0.3) is 11.7 Å². The number of nitrogens with zero attached hydrogens (tertiary/aromatic N) is 4. The van der Waals surface area contributed by atoms with Gasteiger partial charge >= 0.3 is 0 Å². The number of pyridine rings is 1. The summed E-state index contributed by atoms with van der Waals surface area (Å²) in [6.07, 6.45) is 4.97. The van der Waals surface area contributed by atoms with Crippen molar-refractivity contribution < 1.29 is 4.79 Å². The highest BCUT2D eigenvalue weighted by atomic mass is 32.2. The Hall–Kier alpha value is -3.75. The molecule has 2 aliphatic heterocycles. The van der Waals surface area contributed by atoms with Crippen LogP contribution >= 0.6 is 24.0 Å². The summed E-state index contributed by atoms with van der Waals surface area (Å²) in [6.45, 7) is 1.90. The quantitative estimate of drug-likeness (QED) is 0.279. The minimum atomic E-state index is -0.200. The SMILES string of the molecule is O=C1C(=Cc2c(N3CCc4ccccc4C3)nc3ccccn3c2=O)SC(=S)N1CCc1ccccc1. The molecule has 2 aromatic heterocycles. The first-order valence-electron chi connectivity index (χ1n) is 12.2. The molecule has 184 valence electrons. The zero-order valence-electron chi connectivity index (χ0n) is 20.0. The summed E-state index contributed by atoms with van der Waals surface area (Å²) in [4.78, 5) is 36.2. The van der Waals surface area contributed by atoms with Gasteiger partial charge in [-0.1, -0.05) is 84.6 Å². The first-order chi connectivity index (χ1) is 18.1. The smallest absolute Gasteiger partial charge is 0.267 e. The molecule has 8 heteroatoms. The summed E-state index contributed by atoms with van der Waals surface area (Å²) in [7, 11) is 0. The third-order valence-corrected chi connectivity index (χ3v) is 8.17. The van der Waals surface area contributed by atoms with Crippen molar-refractivity contribution in [2.24, 2.45) is 0 Å². The van der Waals surface area contributed by atoms with Gasteiger partial charge in [0.15, 0.2) is 0 Å². The van der Waals surface area contributed by atoms with Gasteiger partial charge in [-0.15, -0.1) is 0 Å². The molecule has 1 fully saturated rings. The molecule has 0 saturated carbocycles. The van der Waals surface area contributed by atoms with Crippen LogP contribution in [0, 0.1) is 0 Å². The Morgan fingerprint density at radius 1 is 0.946 bits per heavy atom.